The average molecular weight is 157 g/mol. The highest BCUT2D eigenvalue weighted by atomic mass is 19.3. The molecule has 0 atom stereocenters. The monoisotopic (exact) mass is 157 g/mol. The smallest absolute Gasteiger partial charge is 0.205 e. The summed E-state index contributed by atoms with van der Waals surface area (Å²) in [4.78, 5) is 9.89. The molecule has 2 nitrogen and oxygen atoms in total. The van der Waals surface area contributed by atoms with Gasteiger partial charge in [0, 0.05) is 5.56 Å². The minimum atomic E-state index is -2.54. The summed E-state index contributed by atoms with van der Waals surface area (Å²) < 4.78 is 23.9. The highest BCUT2D eigenvalue weighted by molar-refractivity contribution is 5.39. The second kappa shape index (κ2) is 3.18. The summed E-state index contributed by atoms with van der Waals surface area (Å²) in [7, 11) is 0. The van der Waals surface area contributed by atoms with E-state index in [1.54, 1.807) is 0 Å². The van der Waals surface area contributed by atoms with Crippen LogP contribution in [0.5, 0.6) is 0 Å². The molecule has 0 saturated heterocycles. The van der Waals surface area contributed by atoms with Gasteiger partial charge >= 0.3 is 0 Å². The van der Waals surface area contributed by atoms with E-state index in [0.717, 1.165) is 6.07 Å². The van der Waals surface area contributed by atoms with Gasteiger partial charge in [-0.1, -0.05) is 12.1 Å². The third kappa shape index (κ3) is 1.80. The van der Waals surface area contributed by atoms with E-state index in [-0.39, 0.29) is 11.3 Å². The fraction of sp³-hybridized carbons (Fsp3) is 0.143. The fourth-order valence-electron chi connectivity index (χ4n) is 0.717. The molecule has 0 aromatic heterocycles. The van der Waals surface area contributed by atoms with E-state index in [2.05, 4.69) is 5.18 Å². The molecule has 0 aliphatic rings. The number of rotatable bonds is 2. The zero-order chi connectivity index (χ0) is 8.27. The number of halogens is 2. The van der Waals surface area contributed by atoms with Crippen LogP contribution in [0.1, 0.15) is 12.0 Å². The molecule has 0 aliphatic carbocycles. The van der Waals surface area contributed by atoms with Crippen molar-refractivity contribution in [3.63, 3.8) is 0 Å². The van der Waals surface area contributed by atoms with Crippen molar-refractivity contribution in [1.82, 2.24) is 0 Å². The molecule has 0 bridgehead atoms. The zero-order valence-electron chi connectivity index (χ0n) is 5.50. The normalized spacial score (nSPS) is 10.1. The van der Waals surface area contributed by atoms with E-state index in [1.165, 1.54) is 18.2 Å². The van der Waals surface area contributed by atoms with Gasteiger partial charge in [0.15, 0.2) is 0 Å². The van der Waals surface area contributed by atoms with E-state index >= 15 is 0 Å². The zero-order valence-corrected chi connectivity index (χ0v) is 5.50. The molecule has 0 spiro atoms. The van der Waals surface area contributed by atoms with Crippen LogP contribution < -0.4 is 0 Å². The lowest BCUT2D eigenvalue weighted by atomic mass is 10.2. The maximum Gasteiger partial charge on any atom is 0.263 e. The second-order valence-corrected chi connectivity index (χ2v) is 1.99. The lowest BCUT2D eigenvalue weighted by Crippen LogP contribution is -1.81. The molecule has 11 heavy (non-hydrogen) atoms. The first-order valence-electron chi connectivity index (χ1n) is 2.95. The van der Waals surface area contributed by atoms with Gasteiger partial charge in [0.2, 0.25) is 0 Å². The third-order valence-corrected chi connectivity index (χ3v) is 1.23. The van der Waals surface area contributed by atoms with E-state index in [4.69, 9.17) is 0 Å². The average Bonchev–Trinajstić information content (AvgIpc) is 2.05. The largest absolute Gasteiger partial charge is 0.263 e. The Kier molecular flexibility index (Phi) is 2.25. The van der Waals surface area contributed by atoms with E-state index < -0.39 is 6.43 Å². The van der Waals surface area contributed by atoms with Crippen molar-refractivity contribution in [3.8, 4) is 0 Å². The van der Waals surface area contributed by atoms with Crippen LogP contribution in [0.2, 0.25) is 0 Å². The van der Waals surface area contributed by atoms with Gasteiger partial charge in [-0.15, -0.1) is 4.91 Å². The van der Waals surface area contributed by atoms with E-state index in [9.17, 15) is 13.7 Å². The summed E-state index contributed by atoms with van der Waals surface area (Å²) >= 11 is 0. The third-order valence-electron chi connectivity index (χ3n) is 1.23. The SMILES string of the molecule is O=Nc1cccc(C(F)F)c1. The number of nitroso groups, excluding NO2 is 1. The van der Waals surface area contributed by atoms with Crippen molar-refractivity contribution in [1.29, 1.82) is 0 Å². The highest BCUT2D eigenvalue weighted by Crippen LogP contribution is 2.22. The Hall–Kier alpha value is -1.32. The van der Waals surface area contributed by atoms with Crippen LogP contribution >= 0.6 is 0 Å². The molecular formula is C7H5F2NO. The first-order chi connectivity index (χ1) is 5.24. The van der Waals surface area contributed by atoms with Gasteiger partial charge in [-0.05, 0) is 17.3 Å². The van der Waals surface area contributed by atoms with Gasteiger partial charge < -0.3 is 0 Å². The topological polar surface area (TPSA) is 29.4 Å². The van der Waals surface area contributed by atoms with Crippen LogP contribution in [0.25, 0.3) is 0 Å². The van der Waals surface area contributed by atoms with Crippen LogP contribution in [0.4, 0.5) is 14.5 Å². The van der Waals surface area contributed by atoms with Crippen LogP contribution in [0.3, 0.4) is 0 Å². The van der Waals surface area contributed by atoms with Gasteiger partial charge in [0.05, 0.1) is 0 Å². The van der Waals surface area contributed by atoms with Crippen molar-refractivity contribution in [2.75, 3.05) is 0 Å². The first kappa shape index (κ1) is 7.78. The van der Waals surface area contributed by atoms with E-state index in [1.807, 2.05) is 0 Å². The summed E-state index contributed by atoms with van der Waals surface area (Å²) in [5.74, 6) is 0. The molecule has 1 aromatic rings. The van der Waals surface area contributed by atoms with Crippen molar-refractivity contribution in [2.45, 2.75) is 6.43 Å². The minimum absolute atomic E-state index is 0.0304. The summed E-state index contributed by atoms with van der Waals surface area (Å²) in [5, 5.41) is 2.53. The Morgan fingerprint density at radius 1 is 1.36 bits per heavy atom. The van der Waals surface area contributed by atoms with E-state index in [0.29, 0.717) is 0 Å². The van der Waals surface area contributed by atoms with Gasteiger partial charge in [-0.2, -0.15) is 0 Å². The Morgan fingerprint density at radius 3 is 2.64 bits per heavy atom. The number of nitrogens with zero attached hydrogens (tertiary/aromatic N) is 1. The molecule has 0 unspecified atom stereocenters. The van der Waals surface area contributed by atoms with Crippen molar-refractivity contribution < 1.29 is 8.78 Å². The molecule has 0 saturated carbocycles. The lowest BCUT2D eigenvalue weighted by molar-refractivity contribution is 0.151. The molecule has 4 heteroatoms. The number of hydrogen-bond acceptors (Lipinski definition) is 2. The molecule has 0 fully saturated rings. The summed E-state index contributed by atoms with van der Waals surface area (Å²) in [6.07, 6.45) is -2.54. The predicted molar refractivity (Wildman–Crippen MR) is 36.9 cm³/mol. The number of benzene rings is 1. The van der Waals surface area contributed by atoms with Crippen molar-refractivity contribution in [3.05, 3.63) is 34.7 Å². The Bertz CT molecular complexity index is 262. The quantitative estimate of drug-likeness (QED) is 0.606. The van der Waals surface area contributed by atoms with Crippen LogP contribution in [-0.4, -0.2) is 0 Å². The Morgan fingerprint density at radius 2 is 2.09 bits per heavy atom. The maximum atomic E-state index is 11.9. The van der Waals surface area contributed by atoms with Crippen LogP contribution in [0, 0.1) is 4.91 Å². The second-order valence-electron chi connectivity index (χ2n) is 1.99. The lowest BCUT2D eigenvalue weighted by Gasteiger charge is -1.97. The standard InChI is InChI=1S/C7H5F2NO/c8-7(9)5-2-1-3-6(4-5)10-11/h1-4,7H. The summed E-state index contributed by atoms with van der Waals surface area (Å²) in [6.45, 7) is 0. The van der Waals surface area contributed by atoms with Gasteiger partial charge in [0.25, 0.3) is 6.43 Å². The predicted octanol–water partition coefficient (Wildman–Crippen LogP) is 3.02. The summed E-state index contributed by atoms with van der Waals surface area (Å²) in [6, 6.07) is 5.06. The maximum absolute atomic E-state index is 11.9. The fourth-order valence-corrected chi connectivity index (χ4v) is 0.717. The molecule has 1 rings (SSSR count). The highest BCUT2D eigenvalue weighted by Gasteiger charge is 2.06. The van der Waals surface area contributed by atoms with Gasteiger partial charge in [0.1, 0.15) is 5.69 Å². The van der Waals surface area contributed by atoms with Gasteiger partial charge in [-0.25, -0.2) is 8.78 Å². The minimum Gasteiger partial charge on any atom is -0.205 e. The molecule has 0 amide bonds. The van der Waals surface area contributed by atoms with Crippen molar-refractivity contribution >= 4 is 5.69 Å². The molecule has 0 aliphatic heterocycles. The Labute approximate surface area is 61.8 Å². The molecule has 58 valence electrons. The van der Waals surface area contributed by atoms with Crippen LogP contribution in [0.15, 0.2) is 29.4 Å². The van der Waals surface area contributed by atoms with Gasteiger partial charge in [-0.3, -0.25) is 0 Å². The first-order valence-corrected chi connectivity index (χ1v) is 2.95. The molecule has 0 heterocycles. The Balaban J connectivity index is 3.00. The molecular weight excluding hydrogens is 152 g/mol. The van der Waals surface area contributed by atoms with Crippen LogP contribution in [-0.2, 0) is 0 Å². The number of alkyl halides is 2. The number of hydrogen-bond donors (Lipinski definition) is 0. The molecule has 1 aromatic carbocycles. The molecule has 0 radical (unpaired) electrons. The van der Waals surface area contributed by atoms with Crippen molar-refractivity contribution in [2.24, 2.45) is 5.18 Å². The summed E-state index contributed by atoms with van der Waals surface area (Å²) in [5.41, 5.74) is -0.148. The molecule has 0 N–H and O–H groups in total.